The topological polar surface area (TPSA) is 66.4 Å². The second-order valence-corrected chi connectivity index (χ2v) is 6.50. The van der Waals surface area contributed by atoms with Gasteiger partial charge in [0.25, 0.3) is 0 Å². The maximum absolute atomic E-state index is 11.4. The summed E-state index contributed by atoms with van der Waals surface area (Å²) in [7, 11) is 0. The molecule has 0 aliphatic heterocycles. The van der Waals surface area contributed by atoms with E-state index in [1.54, 1.807) is 0 Å². The molecule has 1 unspecified atom stereocenters. The van der Waals surface area contributed by atoms with Gasteiger partial charge in [0, 0.05) is 18.5 Å². The minimum absolute atomic E-state index is 0. The SMILES string of the molecule is C=CC(=O)OC(C/C=C/CCCCCCCC(=O)[O-])CCCCCC.[Na+]. The van der Waals surface area contributed by atoms with E-state index in [0.29, 0.717) is 6.42 Å². The number of rotatable bonds is 17. The molecule has 0 aromatic rings. The fraction of sp³-hybridized carbons (Fsp3) is 0.714. The molecule has 0 aromatic heterocycles. The molecule has 0 aromatic carbocycles. The van der Waals surface area contributed by atoms with Crippen LogP contribution in [-0.2, 0) is 14.3 Å². The molecule has 1 atom stereocenters. The second-order valence-electron chi connectivity index (χ2n) is 6.50. The summed E-state index contributed by atoms with van der Waals surface area (Å²) < 4.78 is 5.41. The number of esters is 1. The Hall–Kier alpha value is -0.580. The monoisotopic (exact) mass is 374 g/mol. The Bertz CT molecular complexity index is 393. The number of carbonyl (C=O) groups is 2. The van der Waals surface area contributed by atoms with Gasteiger partial charge >= 0.3 is 35.5 Å². The summed E-state index contributed by atoms with van der Waals surface area (Å²) in [4.78, 5) is 21.7. The van der Waals surface area contributed by atoms with Crippen molar-refractivity contribution in [2.75, 3.05) is 0 Å². The largest absolute Gasteiger partial charge is 1.00 e. The van der Waals surface area contributed by atoms with Gasteiger partial charge < -0.3 is 14.6 Å². The zero-order valence-electron chi connectivity index (χ0n) is 16.8. The van der Waals surface area contributed by atoms with Crippen molar-refractivity contribution in [3.05, 3.63) is 24.8 Å². The fourth-order valence-corrected chi connectivity index (χ4v) is 2.66. The van der Waals surface area contributed by atoms with E-state index in [2.05, 4.69) is 25.7 Å². The van der Waals surface area contributed by atoms with Gasteiger partial charge in [0.1, 0.15) is 6.10 Å². The van der Waals surface area contributed by atoms with Crippen LogP contribution in [0.25, 0.3) is 0 Å². The number of hydrogen-bond donors (Lipinski definition) is 0. The third-order valence-electron chi connectivity index (χ3n) is 4.15. The van der Waals surface area contributed by atoms with Gasteiger partial charge in [0.2, 0.25) is 0 Å². The van der Waals surface area contributed by atoms with Gasteiger partial charge in [-0.15, -0.1) is 0 Å². The minimum Gasteiger partial charge on any atom is -0.550 e. The van der Waals surface area contributed by atoms with E-state index in [0.717, 1.165) is 51.4 Å². The van der Waals surface area contributed by atoms with Gasteiger partial charge in [-0.05, 0) is 38.5 Å². The molecule has 26 heavy (non-hydrogen) atoms. The molecule has 0 amide bonds. The van der Waals surface area contributed by atoms with Crippen LogP contribution in [-0.4, -0.2) is 18.0 Å². The molecule has 144 valence electrons. The Kier molecular flexibility index (Phi) is 22.0. The molecule has 0 saturated heterocycles. The molecule has 0 aliphatic carbocycles. The number of carboxylic acids is 1. The van der Waals surface area contributed by atoms with Crippen LogP contribution in [0.3, 0.4) is 0 Å². The summed E-state index contributed by atoms with van der Waals surface area (Å²) in [6.07, 6.45) is 17.9. The first-order valence-corrected chi connectivity index (χ1v) is 9.78. The van der Waals surface area contributed by atoms with Gasteiger partial charge in [0.05, 0.1) is 0 Å². The quantitative estimate of drug-likeness (QED) is 0.127. The first-order valence-electron chi connectivity index (χ1n) is 9.78. The van der Waals surface area contributed by atoms with Crippen molar-refractivity contribution in [3.8, 4) is 0 Å². The van der Waals surface area contributed by atoms with Crippen molar-refractivity contribution in [2.24, 2.45) is 0 Å². The Morgan fingerprint density at radius 2 is 1.65 bits per heavy atom. The zero-order chi connectivity index (χ0) is 18.8. The van der Waals surface area contributed by atoms with Crippen LogP contribution in [0.1, 0.15) is 90.4 Å². The Morgan fingerprint density at radius 1 is 1.00 bits per heavy atom. The van der Waals surface area contributed by atoms with Crippen LogP contribution in [0.5, 0.6) is 0 Å². The molecule has 4 nitrogen and oxygen atoms in total. The van der Waals surface area contributed by atoms with Crippen LogP contribution in [0.15, 0.2) is 24.8 Å². The predicted molar refractivity (Wildman–Crippen MR) is 99.9 cm³/mol. The number of unbranched alkanes of at least 4 members (excludes halogenated alkanes) is 8. The van der Waals surface area contributed by atoms with Crippen molar-refractivity contribution in [1.82, 2.24) is 0 Å². The van der Waals surface area contributed by atoms with Crippen molar-refractivity contribution in [2.45, 2.75) is 96.5 Å². The number of ether oxygens (including phenoxy) is 1. The first-order chi connectivity index (χ1) is 12.1. The molecule has 0 rings (SSSR count). The van der Waals surface area contributed by atoms with E-state index in [4.69, 9.17) is 4.74 Å². The summed E-state index contributed by atoms with van der Waals surface area (Å²) in [6.45, 7) is 5.64. The number of aliphatic carboxylic acids is 1. The van der Waals surface area contributed by atoms with Crippen LogP contribution in [0, 0.1) is 0 Å². The molecule has 0 N–H and O–H groups in total. The Balaban J connectivity index is 0. The molecule has 0 heterocycles. The van der Waals surface area contributed by atoms with Gasteiger partial charge in [-0.1, -0.05) is 64.2 Å². The number of hydrogen-bond acceptors (Lipinski definition) is 4. The van der Waals surface area contributed by atoms with Gasteiger partial charge in [-0.2, -0.15) is 0 Å². The van der Waals surface area contributed by atoms with Gasteiger partial charge in [-0.3, -0.25) is 0 Å². The summed E-state index contributed by atoms with van der Waals surface area (Å²) >= 11 is 0. The Labute approximate surface area is 181 Å². The number of carbonyl (C=O) groups excluding carboxylic acids is 2. The van der Waals surface area contributed by atoms with Crippen molar-refractivity contribution in [1.29, 1.82) is 0 Å². The van der Waals surface area contributed by atoms with Crippen LogP contribution in [0.4, 0.5) is 0 Å². The molecule has 0 fully saturated rings. The maximum atomic E-state index is 11.4. The molecule has 0 aliphatic rings. The molecule has 0 saturated carbocycles. The van der Waals surface area contributed by atoms with E-state index >= 15 is 0 Å². The fourth-order valence-electron chi connectivity index (χ4n) is 2.66. The van der Waals surface area contributed by atoms with Crippen LogP contribution >= 0.6 is 0 Å². The molecule has 0 bridgehead atoms. The average Bonchev–Trinajstić information content (AvgIpc) is 2.59. The number of carboxylic acid groups (broad SMARTS) is 1. The Morgan fingerprint density at radius 3 is 2.31 bits per heavy atom. The number of allylic oxidation sites excluding steroid dienone is 1. The molecule has 0 radical (unpaired) electrons. The molecular formula is C21H35NaO4. The summed E-state index contributed by atoms with van der Waals surface area (Å²) in [6, 6.07) is 0. The van der Waals surface area contributed by atoms with Gasteiger partial charge in [-0.25, -0.2) is 4.79 Å². The van der Waals surface area contributed by atoms with Crippen LogP contribution in [0.2, 0.25) is 0 Å². The third kappa shape index (κ3) is 19.7. The average molecular weight is 374 g/mol. The summed E-state index contributed by atoms with van der Waals surface area (Å²) in [5.41, 5.74) is 0. The summed E-state index contributed by atoms with van der Waals surface area (Å²) in [5.74, 6) is -1.30. The first kappa shape index (κ1) is 27.6. The van der Waals surface area contributed by atoms with Crippen LogP contribution < -0.4 is 34.7 Å². The van der Waals surface area contributed by atoms with E-state index in [9.17, 15) is 14.7 Å². The maximum Gasteiger partial charge on any atom is 1.00 e. The van der Waals surface area contributed by atoms with E-state index < -0.39 is 5.97 Å². The molecular weight excluding hydrogens is 339 g/mol. The minimum atomic E-state index is -0.954. The van der Waals surface area contributed by atoms with Gasteiger partial charge in [0.15, 0.2) is 0 Å². The van der Waals surface area contributed by atoms with Crippen molar-refractivity contribution < 1.29 is 49.0 Å². The molecule has 0 spiro atoms. The van der Waals surface area contributed by atoms with E-state index in [-0.39, 0.29) is 48.1 Å². The zero-order valence-corrected chi connectivity index (χ0v) is 18.8. The van der Waals surface area contributed by atoms with E-state index in [1.165, 1.54) is 25.3 Å². The molecule has 5 heteroatoms. The van der Waals surface area contributed by atoms with Crippen molar-refractivity contribution >= 4 is 11.9 Å². The normalized spacial score (nSPS) is 11.7. The predicted octanol–water partition coefficient (Wildman–Crippen LogP) is 1.49. The van der Waals surface area contributed by atoms with Crippen molar-refractivity contribution in [3.63, 3.8) is 0 Å². The second kappa shape index (κ2) is 20.7. The summed E-state index contributed by atoms with van der Waals surface area (Å²) in [5, 5.41) is 10.3. The third-order valence-corrected chi connectivity index (χ3v) is 4.15. The van der Waals surface area contributed by atoms with E-state index in [1.807, 2.05) is 0 Å². The standard InChI is InChI=1S/C21H36O4.Na/c1-3-5-6-13-16-19(25-21(24)4-2)17-14-11-9-7-8-10-12-15-18-20(22)23;/h4,11,14,19H,2-3,5-10,12-13,15-18H2,1H3,(H,22,23);/q;+1/p-1/b14-11+;. The smallest absolute Gasteiger partial charge is 0.550 e.